The third-order valence-corrected chi connectivity index (χ3v) is 3.42. The Morgan fingerprint density at radius 1 is 1.39 bits per heavy atom. The Morgan fingerprint density at radius 3 is 2.67 bits per heavy atom. The largest absolute Gasteiger partial charge is 0.491 e. The van der Waals surface area contributed by atoms with Gasteiger partial charge in [-0.3, -0.25) is 4.79 Å². The molecule has 0 radical (unpaired) electrons. The van der Waals surface area contributed by atoms with Gasteiger partial charge < -0.3 is 10.1 Å². The molecule has 0 spiro atoms. The van der Waals surface area contributed by atoms with Crippen LogP contribution in [0, 0.1) is 5.92 Å². The number of carbonyl (C=O) groups excluding carboxylic acids is 1. The highest BCUT2D eigenvalue weighted by molar-refractivity contribution is 9.10. The molecule has 0 fully saturated rings. The van der Waals surface area contributed by atoms with Crippen LogP contribution in [0.5, 0.6) is 5.75 Å². The first-order valence-electron chi connectivity index (χ1n) is 6.21. The van der Waals surface area contributed by atoms with Gasteiger partial charge in [0.2, 0.25) is 5.91 Å². The van der Waals surface area contributed by atoms with E-state index in [9.17, 15) is 4.79 Å². The standard InChI is InChI=1S/C14H20BrNO2/c1-4-11(15)14(17)16-12-7-5-6-8-13(12)18-9-10(2)3/h5-8,10-11H,4,9H2,1-3H3,(H,16,17). The second-order valence-electron chi connectivity index (χ2n) is 4.57. The Kier molecular flexibility index (Phi) is 6.19. The second kappa shape index (κ2) is 7.41. The number of ether oxygens (including phenoxy) is 1. The minimum atomic E-state index is -0.171. The molecule has 4 heteroatoms. The molecule has 0 saturated heterocycles. The molecule has 1 rings (SSSR count). The molecular formula is C14H20BrNO2. The summed E-state index contributed by atoms with van der Waals surface area (Å²) in [6, 6.07) is 7.50. The van der Waals surface area contributed by atoms with Crippen LogP contribution in [0.15, 0.2) is 24.3 Å². The fourth-order valence-corrected chi connectivity index (χ4v) is 1.46. The van der Waals surface area contributed by atoms with Gasteiger partial charge in [-0.15, -0.1) is 0 Å². The van der Waals surface area contributed by atoms with E-state index < -0.39 is 0 Å². The maximum absolute atomic E-state index is 11.8. The summed E-state index contributed by atoms with van der Waals surface area (Å²) in [5.41, 5.74) is 0.723. The number of halogens is 1. The fraction of sp³-hybridized carbons (Fsp3) is 0.500. The van der Waals surface area contributed by atoms with Gasteiger partial charge >= 0.3 is 0 Å². The van der Waals surface area contributed by atoms with Crippen molar-refractivity contribution >= 4 is 27.5 Å². The first-order valence-corrected chi connectivity index (χ1v) is 7.13. The highest BCUT2D eigenvalue weighted by Gasteiger charge is 2.14. The minimum Gasteiger partial charge on any atom is -0.491 e. The molecule has 3 nitrogen and oxygen atoms in total. The second-order valence-corrected chi connectivity index (χ2v) is 5.67. The van der Waals surface area contributed by atoms with E-state index in [1.165, 1.54) is 0 Å². The molecule has 0 aliphatic rings. The van der Waals surface area contributed by atoms with Crippen molar-refractivity contribution in [3.63, 3.8) is 0 Å². The van der Waals surface area contributed by atoms with Crippen molar-refractivity contribution in [1.29, 1.82) is 0 Å². The van der Waals surface area contributed by atoms with Gasteiger partial charge in [0.1, 0.15) is 5.75 Å². The lowest BCUT2D eigenvalue weighted by Gasteiger charge is -2.15. The number of hydrogen-bond donors (Lipinski definition) is 1. The summed E-state index contributed by atoms with van der Waals surface area (Å²) in [5.74, 6) is 1.13. The van der Waals surface area contributed by atoms with Crippen molar-refractivity contribution in [3.8, 4) is 5.75 Å². The maximum Gasteiger partial charge on any atom is 0.238 e. The highest BCUT2D eigenvalue weighted by atomic mass is 79.9. The molecule has 0 aliphatic carbocycles. The summed E-state index contributed by atoms with van der Waals surface area (Å²) >= 11 is 3.33. The SMILES string of the molecule is CCC(Br)C(=O)Nc1ccccc1OCC(C)C. The summed E-state index contributed by atoms with van der Waals surface area (Å²) in [6.07, 6.45) is 0.751. The van der Waals surface area contributed by atoms with Gasteiger partial charge in [-0.1, -0.05) is 48.8 Å². The molecule has 1 unspecified atom stereocenters. The van der Waals surface area contributed by atoms with Crippen LogP contribution in [0.1, 0.15) is 27.2 Å². The Hall–Kier alpha value is -1.03. The molecule has 0 aliphatic heterocycles. The van der Waals surface area contributed by atoms with E-state index >= 15 is 0 Å². The maximum atomic E-state index is 11.8. The summed E-state index contributed by atoms with van der Waals surface area (Å²) in [5, 5.41) is 2.87. The number of rotatable bonds is 6. The van der Waals surface area contributed by atoms with E-state index in [1.54, 1.807) is 0 Å². The third-order valence-electron chi connectivity index (χ3n) is 2.36. The Bertz CT molecular complexity index is 393. The molecule has 1 atom stereocenters. The van der Waals surface area contributed by atoms with Gasteiger partial charge in [0.05, 0.1) is 17.1 Å². The van der Waals surface area contributed by atoms with Crippen LogP contribution in [-0.2, 0) is 4.79 Å². The normalized spacial score (nSPS) is 12.3. The Balaban J connectivity index is 2.72. The number of anilines is 1. The van der Waals surface area contributed by atoms with Crippen molar-refractivity contribution in [2.75, 3.05) is 11.9 Å². The average Bonchev–Trinajstić information content (AvgIpc) is 2.36. The van der Waals surface area contributed by atoms with Crippen molar-refractivity contribution in [3.05, 3.63) is 24.3 Å². The van der Waals surface area contributed by atoms with Crippen LogP contribution >= 0.6 is 15.9 Å². The topological polar surface area (TPSA) is 38.3 Å². The zero-order valence-corrected chi connectivity index (χ0v) is 12.7. The number of nitrogens with one attached hydrogen (secondary N) is 1. The molecule has 0 bridgehead atoms. The monoisotopic (exact) mass is 313 g/mol. The zero-order valence-electron chi connectivity index (χ0n) is 11.1. The van der Waals surface area contributed by atoms with E-state index in [0.29, 0.717) is 12.5 Å². The molecule has 100 valence electrons. The summed E-state index contributed by atoms with van der Waals surface area (Å²) < 4.78 is 5.68. The molecule has 1 N–H and O–H groups in total. The Morgan fingerprint density at radius 2 is 2.06 bits per heavy atom. The lowest BCUT2D eigenvalue weighted by molar-refractivity contribution is -0.115. The summed E-state index contributed by atoms with van der Waals surface area (Å²) in [7, 11) is 0. The molecule has 0 heterocycles. The van der Waals surface area contributed by atoms with Crippen LogP contribution in [0.3, 0.4) is 0 Å². The molecule has 0 aromatic heterocycles. The predicted octanol–water partition coefficient (Wildman–Crippen LogP) is 3.83. The molecular weight excluding hydrogens is 294 g/mol. The quantitative estimate of drug-likeness (QED) is 0.810. The zero-order chi connectivity index (χ0) is 13.5. The van der Waals surface area contributed by atoms with Gasteiger partial charge in [0.15, 0.2) is 0 Å². The van der Waals surface area contributed by atoms with E-state index in [0.717, 1.165) is 17.9 Å². The van der Waals surface area contributed by atoms with Crippen LogP contribution in [-0.4, -0.2) is 17.3 Å². The van der Waals surface area contributed by atoms with Crippen LogP contribution in [0.2, 0.25) is 0 Å². The van der Waals surface area contributed by atoms with Gasteiger partial charge in [-0.25, -0.2) is 0 Å². The smallest absolute Gasteiger partial charge is 0.238 e. The van der Waals surface area contributed by atoms with Crippen LogP contribution in [0.25, 0.3) is 0 Å². The molecule has 1 aromatic carbocycles. The molecule has 18 heavy (non-hydrogen) atoms. The first-order chi connectivity index (χ1) is 8.54. The van der Waals surface area contributed by atoms with E-state index in [-0.39, 0.29) is 10.7 Å². The van der Waals surface area contributed by atoms with Crippen LogP contribution < -0.4 is 10.1 Å². The van der Waals surface area contributed by atoms with Gasteiger partial charge in [0.25, 0.3) is 0 Å². The summed E-state index contributed by atoms with van der Waals surface area (Å²) in [4.78, 5) is 11.6. The number of amides is 1. The minimum absolute atomic E-state index is 0.0434. The van der Waals surface area contributed by atoms with Gasteiger partial charge in [-0.05, 0) is 24.5 Å². The summed E-state index contributed by atoms with van der Waals surface area (Å²) in [6.45, 7) is 6.78. The van der Waals surface area contributed by atoms with E-state index in [2.05, 4.69) is 35.1 Å². The van der Waals surface area contributed by atoms with Gasteiger partial charge in [-0.2, -0.15) is 0 Å². The highest BCUT2D eigenvalue weighted by Crippen LogP contribution is 2.25. The third kappa shape index (κ3) is 4.69. The van der Waals surface area contributed by atoms with Crippen molar-refractivity contribution in [2.45, 2.75) is 32.0 Å². The Labute approximate surface area is 117 Å². The lowest BCUT2D eigenvalue weighted by atomic mass is 10.2. The van der Waals surface area contributed by atoms with Crippen molar-refractivity contribution in [2.24, 2.45) is 5.92 Å². The van der Waals surface area contributed by atoms with Crippen LogP contribution in [0.4, 0.5) is 5.69 Å². The lowest BCUT2D eigenvalue weighted by Crippen LogP contribution is -2.22. The van der Waals surface area contributed by atoms with Crippen molar-refractivity contribution < 1.29 is 9.53 Å². The number of benzene rings is 1. The van der Waals surface area contributed by atoms with E-state index in [1.807, 2.05) is 31.2 Å². The number of carbonyl (C=O) groups is 1. The van der Waals surface area contributed by atoms with E-state index in [4.69, 9.17) is 4.74 Å². The van der Waals surface area contributed by atoms with Crippen molar-refractivity contribution in [1.82, 2.24) is 0 Å². The molecule has 0 saturated carbocycles. The number of hydrogen-bond acceptors (Lipinski definition) is 2. The predicted molar refractivity (Wildman–Crippen MR) is 78.4 cm³/mol. The molecule has 1 aromatic rings. The fourth-order valence-electron chi connectivity index (χ4n) is 1.35. The average molecular weight is 314 g/mol. The van der Waals surface area contributed by atoms with Gasteiger partial charge in [0, 0.05) is 0 Å². The molecule has 1 amide bonds. The number of alkyl halides is 1. The number of para-hydroxylation sites is 2. The first kappa shape index (κ1) is 15.0.